The first-order valence-corrected chi connectivity index (χ1v) is 19.2. The molecule has 5 heteroatoms. The average molecular weight is 549 g/mol. The van der Waals surface area contributed by atoms with E-state index in [2.05, 4.69) is 13.8 Å². The quantitative estimate of drug-likeness (QED) is 0.159. The van der Waals surface area contributed by atoms with Crippen molar-refractivity contribution in [2.24, 2.45) is 0 Å². The molecule has 0 atom stereocenters. The van der Waals surface area contributed by atoms with Crippen LogP contribution in [0.5, 0.6) is 0 Å². The third kappa shape index (κ3) is 10.1. The van der Waals surface area contributed by atoms with Crippen LogP contribution in [0.3, 0.4) is 0 Å². The summed E-state index contributed by atoms with van der Waals surface area (Å²) in [6.45, 7) is 4.44. The second-order valence-electron chi connectivity index (χ2n) is 9.09. The van der Waals surface area contributed by atoms with Gasteiger partial charge in [0, 0.05) is 0 Å². The molecule has 0 aromatic heterocycles. The summed E-state index contributed by atoms with van der Waals surface area (Å²) in [6, 6.07) is 9.76. The second kappa shape index (κ2) is 15.5. The molecule has 0 unspecified atom stereocenters. The summed E-state index contributed by atoms with van der Waals surface area (Å²) < 4.78 is 13.8. The summed E-state index contributed by atoms with van der Waals surface area (Å²) in [4.78, 5) is 25.8. The molecule has 1 aliphatic rings. The second-order valence-corrected chi connectivity index (χ2v) is 18.3. The predicted molar refractivity (Wildman–Crippen MR) is 133 cm³/mol. The molecule has 178 valence electrons. The summed E-state index contributed by atoms with van der Waals surface area (Å²) in [6.07, 6.45) is 15.9. The SMILES string of the molecule is CCCCCCC[CH2][Sn]1([CH2]CCCCCCC)[O]C(=O)C=C(Cc2ccccc2)C(=O)[O]1. The van der Waals surface area contributed by atoms with E-state index in [4.69, 9.17) is 6.15 Å². The zero-order valence-electron chi connectivity index (χ0n) is 20.2. The minimum absolute atomic E-state index is 0.326. The molecule has 0 spiro atoms. The van der Waals surface area contributed by atoms with Crippen molar-refractivity contribution in [2.75, 3.05) is 0 Å². The molecule has 1 aromatic carbocycles. The van der Waals surface area contributed by atoms with E-state index in [0.717, 1.165) is 40.1 Å². The Morgan fingerprint density at radius 2 is 1.22 bits per heavy atom. The third-order valence-electron chi connectivity index (χ3n) is 6.18. The molecule has 0 saturated carbocycles. The van der Waals surface area contributed by atoms with Crippen molar-refractivity contribution in [2.45, 2.75) is 106 Å². The Balaban J connectivity index is 2.01. The first-order valence-electron chi connectivity index (χ1n) is 12.8. The number of carbonyl (C=O) groups is 2. The first-order chi connectivity index (χ1) is 15.6. The molecular weight excluding hydrogens is 507 g/mol. The molecule has 0 bridgehead atoms. The van der Waals surface area contributed by atoms with E-state index in [0.29, 0.717) is 12.0 Å². The van der Waals surface area contributed by atoms with E-state index in [1.165, 1.54) is 57.4 Å². The van der Waals surface area contributed by atoms with Gasteiger partial charge in [0.15, 0.2) is 0 Å². The molecule has 2 rings (SSSR count). The molecule has 1 aliphatic heterocycles. The van der Waals surface area contributed by atoms with E-state index < -0.39 is 19.2 Å². The fourth-order valence-electron chi connectivity index (χ4n) is 4.29. The standard InChI is InChI=1S/C11H10O4.2C8H17.Sn/c12-10(13)7-9(11(14)15)6-8-4-2-1-3-5-8;2*1-3-5-7-8-6-4-2;/h1-5,7H,6H2,(H,12,13)(H,14,15);2*1,3-8H2,2H3;/q;;;+2/p-2. The van der Waals surface area contributed by atoms with E-state index in [-0.39, 0.29) is 11.9 Å². The van der Waals surface area contributed by atoms with E-state index in [9.17, 15) is 9.59 Å². The van der Waals surface area contributed by atoms with Gasteiger partial charge in [-0.15, -0.1) is 0 Å². The maximum atomic E-state index is 13.1. The van der Waals surface area contributed by atoms with Crippen LogP contribution >= 0.6 is 0 Å². The van der Waals surface area contributed by atoms with Gasteiger partial charge in [-0.2, -0.15) is 0 Å². The molecule has 1 heterocycles. The monoisotopic (exact) mass is 550 g/mol. The van der Waals surface area contributed by atoms with Gasteiger partial charge in [-0.25, -0.2) is 0 Å². The summed E-state index contributed by atoms with van der Waals surface area (Å²) >= 11 is -3.82. The van der Waals surface area contributed by atoms with E-state index in [1.54, 1.807) is 0 Å². The van der Waals surface area contributed by atoms with Gasteiger partial charge in [-0.3, -0.25) is 0 Å². The van der Waals surface area contributed by atoms with Crippen LogP contribution in [-0.2, 0) is 22.2 Å². The Morgan fingerprint density at radius 1 is 0.688 bits per heavy atom. The topological polar surface area (TPSA) is 52.6 Å². The fourth-order valence-corrected chi connectivity index (χ4v) is 13.3. The van der Waals surface area contributed by atoms with Crippen LogP contribution in [0.25, 0.3) is 0 Å². The minimum atomic E-state index is -3.82. The molecule has 0 N–H and O–H groups in total. The van der Waals surface area contributed by atoms with E-state index >= 15 is 0 Å². The molecule has 0 radical (unpaired) electrons. The number of carbonyl (C=O) groups excluding carboxylic acids is 2. The predicted octanol–water partition coefficient (Wildman–Crippen LogP) is 7.42. The zero-order chi connectivity index (χ0) is 23.1. The number of hydrogen-bond donors (Lipinski definition) is 0. The fraction of sp³-hybridized carbons (Fsp3) is 0.630. The van der Waals surface area contributed by atoms with Crippen LogP contribution in [-0.4, -0.2) is 31.1 Å². The Bertz CT molecular complexity index is 698. The molecule has 0 aliphatic carbocycles. The summed E-state index contributed by atoms with van der Waals surface area (Å²) in [5.41, 5.74) is 1.42. The van der Waals surface area contributed by atoms with Gasteiger partial charge in [0.2, 0.25) is 0 Å². The van der Waals surface area contributed by atoms with Crippen LogP contribution in [0.4, 0.5) is 0 Å². The molecular formula is C27H42O4Sn. The zero-order valence-corrected chi connectivity index (χ0v) is 23.1. The molecule has 0 saturated heterocycles. The van der Waals surface area contributed by atoms with Crippen LogP contribution in [0.2, 0.25) is 8.87 Å². The molecule has 0 fully saturated rings. The van der Waals surface area contributed by atoms with Crippen molar-refractivity contribution in [3.8, 4) is 0 Å². The van der Waals surface area contributed by atoms with Crippen molar-refractivity contribution in [3.63, 3.8) is 0 Å². The van der Waals surface area contributed by atoms with Gasteiger partial charge < -0.3 is 0 Å². The molecule has 1 aromatic rings. The number of rotatable bonds is 16. The van der Waals surface area contributed by atoms with Gasteiger partial charge in [-0.05, 0) is 0 Å². The first kappa shape index (κ1) is 26.9. The van der Waals surface area contributed by atoms with Gasteiger partial charge >= 0.3 is 201 Å². The number of unbranched alkanes of at least 4 members (excludes halogenated alkanes) is 10. The van der Waals surface area contributed by atoms with Crippen molar-refractivity contribution >= 4 is 31.1 Å². The Hall–Kier alpha value is -1.30. The summed E-state index contributed by atoms with van der Waals surface area (Å²) in [5, 5.41) is 0. The molecule has 32 heavy (non-hydrogen) atoms. The van der Waals surface area contributed by atoms with Gasteiger partial charge in [-0.1, -0.05) is 0 Å². The number of benzene rings is 1. The van der Waals surface area contributed by atoms with Crippen molar-refractivity contribution < 1.29 is 15.7 Å². The normalized spacial score (nSPS) is 15.6. The van der Waals surface area contributed by atoms with Crippen molar-refractivity contribution in [1.82, 2.24) is 0 Å². The summed E-state index contributed by atoms with van der Waals surface area (Å²) in [7, 11) is 0. The Morgan fingerprint density at radius 3 is 1.78 bits per heavy atom. The molecule has 4 nitrogen and oxygen atoms in total. The Kier molecular flexibility index (Phi) is 13.1. The van der Waals surface area contributed by atoms with Gasteiger partial charge in [0.05, 0.1) is 0 Å². The van der Waals surface area contributed by atoms with Crippen LogP contribution < -0.4 is 0 Å². The average Bonchev–Trinajstić information content (AvgIpc) is 2.89. The van der Waals surface area contributed by atoms with Crippen molar-refractivity contribution in [1.29, 1.82) is 0 Å². The van der Waals surface area contributed by atoms with Gasteiger partial charge in [0.25, 0.3) is 0 Å². The van der Waals surface area contributed by atoms with Gasteiger partial charge in [0.1, 0.15) is 0 Å². The molecule has 0 amide bonds. The van der Waals surface area contributed by atoms with Crippen LogP contribution in [0, 0.1) is 0 Å². The number of hydrogen-bond acceptors (Lipinski definition) is 4. The summed E-state index contributed by atoms with van der Waals surface area (Å²) in [5.74, 6) is -0.693. The third-order valence-corrected chi connectivity index (χ3v) is 15.8. The maximum absolute atomic E-state index is 13.1. The van der Waals surface area contributed by atoms with Crippen LogP contribution in [0.15, 0.2) is 42.0 Å². The van der Waals surface area contributed by atoms with Crippen molar-refractivity contribution in [3.05, 3.63) is 47.5 Å². The van der Waals surface area contributed by atoms with E-state index in [1.807, 2.05) is 30.3 Å². The van der Waals surface area contributed by atoms with Crippen LogP contribution in [0.1, 0.15) is 96.5 Å². The Labute approximate surface area is 200 Å².